The average molecular weight is 231 g/mol. The highest BCUT2D eigenvalue weighted by molar-refractivity contribution is 7.42. The Morgan fingerprint density at radius 2 is 1.93 bits per heavy atom. The molecule has 0 aliphatic carbocycles. The van der Waals surface area contributed by atoms with Crippen LogP contribution in [0.4, 0.5) is 0 Å². The summed E-state index contributed by atoms with van der Waals surface area (Å²) < 4.78 is 12.7. The fourth-order valence-corrected chi connectivity index (χ4v) is 2.66. The van der Waals surface area contributed by atoms with Crippen molar-refractivity contribution in [3.05, 3.63) is 0 Å². The van der Waals surface area contributed by atoms with E-state index < -0.39 is 8.53 Å². The Morgan fingerprint density at radius 3 is 2.27 bits per heavy atom. The van der Waals surface area contributed by atoms with Crippen molar-refractivity contribution in [2.24, 2.45) is 0 Å². The van der Waals surface area contributed by atoms with E-state index in [-0.39, 0.29) is 0 Å². The van der Waals surface area contributed by atoms with E-state index in [1.54, 1.807) is 0 Å². The van der Waals surface area contributed by atoms with Crippen LogP contribution < -0.4 is 0 Å². The summed E-state index contributed by atoms with van der Waals surface area (Å²) in [6, 6.07) is 2.70. The van der Waals surface area contributed by atoms with E-state index in [1.807, 2.05) is 6.07 Å². The van der Waals surface area contributed by atoms with E-state index in [0.29, 0.717) is 25.1 Å². The molecule has 0 N–H and O–H groups in total. The Morgan fingerprint density at radius 1 is 1.40 bits per heavy atom. The minimum atomic E-state index is -1.14. The first-order chi connectivity index (χ1) is 7.04. The topological polar surface area (TPSA) is 47.6 Å². The van der Waals surface area contributed by atoms with Gasteiger partial charge in [-0.2, -0.15) is 9.93 Å². The van der Waals surface area contributed by atoms with Gasteiger partial charge in [0.05, 0.1) is 19.1 Å². The third-order valence-corrected chi connectivity index (χ3v) is 3.70. The van der Waals surface area contributed by atoms with Crippen molar-refractivity contribution in [1.82, 2.24) is 4.67 Å². The van der Waals surface area contributed by atoms with Gasteiger partial charge < -0.3 is 0 Å². The highest BCUT2D eigenvalue weighted by Gasteiger charge is 2.36. The molecule has 0 saturated carbocycles. The molecule has 0 aromatic heterocycles. The second-order valence-electron chi connectivity index (χ2n) is 3.68. The molecule has 0 aliphatic heterocycles. The lowest BCUT2D eigenvalue weighted by Gasteiger charge is -2.25. The normalized spacial score (nSPS) is 13.2. The molecule has 15 heavy (non-hydrogen) atoms. The van der Waals surface area contributed by atoms with Crippen LogP contribution in [0, 0.1) is 11.3 Å². The molecule has 0 aromatic rings. The Kier molecular flexibility index (Phi) is 7.50. The van der Waals surface area contributed by atoms with E-state index in [9.17, 15) is 0 Å². The highest BCUT2D eigenvalue weighted by atomic mass is 31.2. The summed E-state index contributed by atoms with van der Waals surface area (Å²) in [6.07, 6.45) is 0.381. The molecule has 0 bridgehead atoms. The number of nitriles is 1. The van der Waals surface area contributed by atoms with Gasteiger partial charge in [-0.3, -0.25) is 4.52 Å². The molecule has 0 heterocycles. The third kappa shape index (κ3) is 5.22. The molecule has 4 nitrogen and oxygen atoms in total. The van der Waals surface area contributed by atoms with Crippen LogP contribution in [0.5, 0.6) is 0 Å². The fraction of sp³-hybridized carbons (Fsp3) is 0.800. The van der Waals surface area contributed by atoms with Crippen LogP contribution in [-0.2, 0) is 8.74 Å². The minimum absolute atomic E-state index is 0.333. The zero-order chi connectivity index (χ0) is 11.8. The highest BCUT2D eigenvalue weighted by Crippen LogP contribution is 2.42. The van der Waals surface area contributed by atoms with E-state index >= 15 is 0 Å². The van der Waals surface area contributed by atoms with Gasteiger partial charge >= 0.3 is 8.53 Å². The maximum atomic E-state index is 8.42. The second-order valence-corrected chi connectivity index (χ2v) is 5.13. The summed E-state index contributed by atoms with van der Waals surface area (Å²) in [5.74, 6) is 0. The van der Waals surface area contributed by atoms with Crippen LogP contribution >= 0.6 is 8.53 Å². The summed E-state index contributed by atoms with van der Waals surface area (Å²) in [5.41, 5.74) is 0. The lowest BCUT2D eigenvalue weighted by molar-refractivity contribution is -0.280. The van der Waals surface area contributed by atoms with Crippen LogP contribution in [0.25, 0.3) is 0 Å². The molecule has 0 fully saturated rings. The summed E-state index contributed by atoms with van der Waals surface area (Å²) in [5, 5.41) is 8.42. The quantitative estimate of drug-likeness (QED) is 0.384. The van der Waals surface area contributed by atoms with Gasteiger partial charge in [0.15, 0.2) is 0 Å². The molecule has 0 aromatic carbocycles. The predicted molar refractivity (Wildman–Crippen MR) is 62.3 cm³/mol. The van der Waals surface area contributed by atoms with E-state index in [2.05, 4.69) is 39.2 Å². The van der Waals surface area contributed by atoms with Gasteiger partial charge in [0, 0.05) is 12.1 Å². The Balaban J connectivity index is 4.33. The van der Waals surface area contributed by atoms with Crippen molar-refractivity contribution in [1.29, 1.82) is 5.26 Å². The molecule has 86 valence electrons. The van der Waals surface area contributed by atoms with E-state index in [0.717, 1.165) is 0 Å². The first kappa shape index (κ1) is 14.5. The molecule has 0 amide bonds. The van der Waals surface area contributed by atoms with Crippen LogP contribution in [0.15, 0.2) is 0 Å². The summed E-state index contributed by atoms with van der Waals surface area (Å²) in [6.45, 7) is 12.2. The van der Waals surface area contributed by atoms with Crippen molar-refractivity contribution in [2.45, 2.75) is 46.2 Å². The van der Waals surface area contributed by atoms with Crippen molar-refractivity contribution < 1.29 is 8.74 Å². The van der Waals surface area contributed by atoms with Crippen LogP contribution in [0.1, 0.15) is 34.1 Å². The fourth-order valence-electron chi connectivity index (χ4n) is 1.31. The lowest BCUT2D eigenvalue weighted by Crippen LogP contribution is -2.33. The van der Waals surface area contributed by atoms with Crippen LogP contribution in [0.2, 0.25) is 0 Å². The standard InChI is InChI=1S/C10H20N2O2P/c1-9(2)12(10(3)4)15(13-5)14-8-6-7-11/h9-10H,5-6,8H2,1-4H3/q+1. The molecule has 0 saturated heterocycles. The smallest absolute Gasteiger partial charge is 0.264 e. The average Bonchev–Trinajstić information content (AvgIpc) is 2.15. The Bertz CT molecular complexity index is 218. The zero-order valence-corrected chi connectivity index (χ0v) is 10.8. The largest absolute Gasteiger partial charge is 0.597 e. The molecule has 0 spiro atoms. The number of rotatable bonds is 7. The first-order valence-electron chi connectivity index (χ1n) is 5.05. The van der Waals surface area contributed by atoms with Gasteiger partial charge in [-0.15, -0.1) is 0 Å². The van der Waals surface area contributed by atoms with Crippen LogP contribution in [-0.4, -0.2) is 30.2 Å². The number of hydrogen-bond donors (Lipinski definition) is 0. The van der Waals surface area contributed by atoms with Crippen molar-refractivity contribution in [3.8, 4) is 6.07 Å². The second kappa shape index (κ2) is 7.76. The SMILES string of the molecule is C=[O+]P(OCCC#N)N(C(C)C)C(C)C. The Labute approximate surface area is 93.5 Å². The van der Waals surface area contributed by atoms with Gasteiger partial charge in [0.25, 0.3) is 6.79 Å². The van der Waals surface area contributed by atoms with Gasteiger partial charge in [0.1, 0.15) is 0 Å². The molecule has 5 heteroatoms. The van der Waals surface area contributed by atoms with E-state index in [1.165, 1.54) is 0 Å². The third-order valence-electron chi connectivity index (χ3n) is 1.77. The molecule has 0 rings (SSSR count). The zero-order valence-electron chi connectivity index (χ0n) is 9.93. The molecular weight excluding hydrogens is 211 g/mol. The summed E-state index contributed by atoms with van der Waals surface area (Å²) >= 11 is 0. The predicted octanol–water partition coefficient (Wildman–Crippen LogP) is 2.63. The molecule has 1 unspecified atom stereocenters. The van der Waals surface area contributed by atoms with Gasteiger partial charge in [-0.1, -0.05) is 0 Å². The summed E-state index contributed by atoms with van der Waals surface area (Å²) in [7, 11) is -1.14. The number of nitrogens with zero attached hydrogens (tertiary/aromatic N) is 2. The molecule has 0 radical (unpaired) electrons. The molecule has 1 atom stereocenters. The van der Waals surface area contributed by atoms with Crippen LogP contribution in [0.3, 0.4) is 0 Å². The molecule has 0 aliphatic rings. The van der Waals surface area contributed by atoms with Gasteiger partial charge in [0.2, 0.25) is 0 Å². The van der Waals surface area contributed by atoms with E-state index in [4.69, 9.17) is 14.0 Å². The van der Waals surface area contributed by atoms with Gasteiger partial charge in [-0.05, 0) is 27.7 Å². The monoisotopic (exact) mass is 231 g/mol. The minimum Gasteiger partial charge on any atom is -0.264 e. The maximum absolute atomic E-state index is 8.42. The molecular formula is C10H20N2O2P+. The van der Waals surface area contributed by atoms with Crippen molar-refractivity contribution >= 4 is 15.3 Å². The first-order valence-corrected chi connectivity index (χ1v) is 6.18. The van der Waals surface area contributed by atoms with Crippen molar-refractivity contribution in [3.63, 3.8) is 0 Å². The summed E-state index contributed by atoms with van der Waals surface area (Å²) in [4.78, 5) is 0. The Hall–Kier alpha value is -0.490. The maximum Gasteiger partial charge on any atom is 0.597 e. The lowest BCUT2D eigenvalue weighted by atomic mass is 10.3. The number of hydrogen-bond acceptors (Lipinski definition) is 3. The number of carbonyl (C=O) groups excluding carboxylic acids is 1. The van der Waals surface area contributed by atoms with Crippen molar-refractivity contribution in [2.75, 3.05) is 6.61 Å². The van der Waals surface area contributed by atoms with Gasteiger partial charge in [-0.25, -0.2) is 4.21 Å².